The van der Waals surface area contributed by atoms with Gasteiger partial charge in [-0.3, -0.25) is 14.9 Å². The second-order valence-corrected chi connectivity index (χ2v) is 5.80. The summed E-state index contributed by atoms with van der Waals surface area (Å²) in [6.45, 7) is 0. The minimum absolute atomic E-state index is 0.103. The normalized spacial score (nSPS) is 16.0. The van der Waals surface area contributed by atoms with Crippen LogP contribution in [-0.2, 0) is 6.42 Å². The van der Waals surface area contributed by atoms with Crippen LogP contribution in [0.2, 0.25) is 0 Å². The van der Waals surface area contributed by atoms with E-state index in [1.807, 2.05) is 12.1 Å². The summed E-state index contributed by atoms with van der Waals surface area (Å²) in [5.41, 5.74) is 3.94. The highest BCUT2D eigenvalue weighted by molar-refractivity contribution is 5.99. The highest BCUT2D eigenvalue weighted by Gasteiger charge is 2.26. The predicted octanol–water partition coefficient (Wildman–Crippen LogP) is 3.03. The third kappa shape index (κ3) is 2.56. The highest BCUT2D eigenvalue weighted by Crippen LogP contribution is 2.32. The zero-order chi connectivity index (χ0) is 16.5. The number of fused-ring (bicyclic) bond motifs is 1. The van der Waals surface area contributed by atoms with Crippen LogP contribution in [0.5, 0.6) is 0 Å². The Morgan fingerprint density at radius 2 is 2.08 bits per heavy atom. The van der Waals surface area contributed by atoms with Crippen LogP contribution < -0.4 is 5.32 Å². The molecule has 5 nitrogen and oxygen atoms in total. The fourth-order valence-corrected chi connectivity index (χ4v) is 3.17. The summed E-state index contributed by atoms with van der Waals surface area (Å²) in [5.74, 6) is -0.437. The third-order valence-electron chi connectivity index (χ3n) is 4.34. The van der Waals surface area contributed by atoms with Gasteiger partial charge in [-0.2, -0.15) is 5.10 Å². The average molecular weight is 322 g/mol. The molecule has 0 aliphatic heterocycles. The molecule has 1 aromatic carbocycles. The quantitative estimate of drug-likeness (QED) is 0.778. The summed E-state index contributed by atoms with van der Waals surface area (Å²) in [5, 5.41) is 9.89. The van der Waals surface area contributed by atoms with Gasteiger partial charge in [0.1, 0.15) is 5.82 Å². The van der Waals surface area contributed by atoms with Gasteiger partial charge in [-0.1, -0.05) is 6.07 Å². The third-order valence-corrected chi connectivity index (χ3v) is 4.34. The summed E-state index contributed by atoms with van der Waals surface area (Å²) in [6.07, 6.45) is 6.39. The minimum Gasteiger partial charge on any atom is -0.345 e. The van der Waals surface area contributed by atoms with Crippen molar-refractivity contribution < 1.29 is 9.18 Å². The van der Waals surface area contributed by atoms with Gasteiger partial charge in [-0.05, 0) is 48.2 Å². The van der Waals surface area contributed by atoms with Crippen LogP contribution >= 0.6 is 0 Å². The Bertz CT molecular complexity index is 891. The molecule has 1 atom stereocenters. The number of carbonyl (C=O) groups is 1. The number of H-pyrrole nitrogens is 1. The Labute approximate surface area is 137 Å². The summed E-state index contributed by atoms with van der Waals surface area (Å²) >= 11 is 0. The van der Waals surface area contributed by atoms with Crippen LogP contribution in [0, 0.1) is 5.82 Å². The number of aryl methyl sites for hydroxylation is 1. The fourth-order valence-electron chi connectivity index (χ4n) is 3.17. The van der Waals surface area contributed by atoms with Crippen LogP contribution in [0.3, 0.4) is 0 Å². The summed E-state index contributed by atoms with van der Waals surface area (Å²) in [6, 6.07) is 8.26. The molecule has 0 spiro atoms. The summed E-state index contributed by atoms with van der Waals surface area (Å²) < 4.78 is 13.3. The molecular formula is C18H15FN4O. The van der Waals surface area contributed by atoms with Crippen molar-refractivity contribution in [3.8, 4) is 11.3 Å². The van der Waals surface area contributed by atoms with E-state index in [0.717, 1.165) is 29.5 Å². The van der Waals surface area contributed by atoms with Crippen LogP contribution in [0.25, 0.3) is 11.3 Å². The maximum atomic E-state index is 13.3. The van der Waals surface area contributed by atoms with Gasteiger partial charge in [0.25, 0.3) is 5.91 Å². The van der Waals surface area contributed by atoms with Gasteiger partial charge in [-0.15, -0.1) is 0 Å². The van der Waals surface area contributed by atoms with Crippen molar-refractivity contribution in [1.29, 1.82) is 0 Å². The lowest BCUT2D eigenvalue weighted by molar-refractivity contribution is 0.0937. The fraction of sp³-hybridized carbons (Fsp3) is 0.167. The molecule has 1 amide bonds. The molecule has 0 bridgehead atoms. The number of pyridine rings is 1. The Hall–Kier alpha value is -3.02. The summed E-state index contributed by atoms with van der Waals surface area (Å²) in [4.78, 5) is 16.7. The minimum atomic E-state index is -0.240. The number of aromatic amines is 1. The zero-order valence-electron chi connectivity index (χ0n) is 12.8. The van der Waals surface area contributed by atoms with E-state index in [0.29, 0.717) is 11.3 Å². The molecule has 0 saturated heterocycles. The molecular weight excluding hydrogens is 307 g/mol. The number of halogens is 1. The number of hydrogen-bond acceptors (Lipinski definition) is 3. The number of amides is 1. The monoisotopic (exact) mass is 322 g/mol. The van der Waals surface area contributed by atoms with Crippen LogP contribution in [0.1, 0.15) is 33.9 Å². The van der Waals surface area contributed by atoms with E-state index in [9.17, 15) is 9.18 Å². The van der Waals surface area contributed by atoms with Crippen molar-refractivity contribution in [3.63, 3.8) is 0 Å². The topological polar surface area (TPSA) is 70.7 Å². The van der Waals surface area contributed by atoms with Gasteiger partial charge in [0.2, 0.25) is 0 Å². The first-order valence-electron chi connectivity index (χ1n) is 7.75. The maximum Gasteiger partial charge on any atom is 0.255 e. The Kier molecular flexibility index (Phi) is 3.57. The van der Waals surface area contributed by atoms with Crippen LogP contribution in [0.15, 0.2) is 48.9 Å². The Morgan fingerprint density at radius 3 is 2.92 bits per heavy atom. The van der Waals surface area contributed by atoms with E-state index in [2.05, 4.69) is 20.5 Å². The molecule has 0 unspecified atom stereocenters. The molecule has 6 heteroatoms. The molecule has 2 aromatic heterocycles. The number of hydrogen-bond donors (Lipinski definition) is 2. The Morgan fingerprint density at radius 1 is 1.25 bits per heavy atom. The van der Waals surface area contributed by atoms with Gasteiger partial charge in [-0.25, -0.2) is 4.39 Å². The lowest BCUT2D eigenvalue weighted by atomic mass is 10.1. The number of rotatable bonds is 3. The number of aromatic nitrogens is 3. The van der Waals surface area contributed by atoms with Crippen molar-refractivity contribution in [1.82, 2.24) is 20.5 Å². The molecule has 0 saturated carbocycles. The van der Waals surface area contributed by atoms with E-state index in [1.165, 1.54) is 12.3 Å². The number of carbonyl (C=O) groups excluding carboxylic acids is 1. The zero-order valence-corrected chi connectivity index (χ0v) is 12.8. The smallest absolute Gasteiger partial charge is 0.255 e. The van der Waals surface area contributed by atoms with Gasteiger partial charge < -0.3 is 5.32 Å². The van der Waals surface area contributed by atoms with Gasteiger partial charge in [0.05, 0.1) is 23.5 Å². The number of nitrogens with one attached hydrogen (secondary N) is 2. The van der Waals surface area contributed by atoms with Crippen LogP contribution in [0.4, 0.5) is 4.39 Å². The van der Waals surface area contributed by atoms with Crippen molar-refractivity contribution in [3.05, 3.63) is 71.4 Å². The van der Waals surface area contributed by atoms with Crippen molar-refractivity contribution >= 4 is 5.91 Å². The Balaban J connectivity index is 1.58. The van der Waals surface area contributed by atoms with Crippen molar-refractivity contribution in [2.45, 2.75) is 18.9 Å². The lowest BCUT2D eigenvalue weighted by Crippen LogP contribution is -2.27. The SMILES string of the molecule is O=C(N[C@@H]1CCc2cc(F)ccc21)c1cn[nH]c1-c1ccncc1. The first kappa shape index (κ1) is 14.6. The van der Waals surface area contributed by atoms with E-state index < -0.39 is 0 Å². The summed E-state index contributed by atoms with van der Waals surface area (Å²) in [7, 11) is 0. The van der Waals surface area contributed by atoms with Crippen LogP contribution in [-0.4, -0.2) is 21.1 Å². The standard InChI is InChI=1S/C18H15FN4O/c19-13-2-3-14-12(9-13)1-4-16(14)22-18(24)15-10-21-23-17(15)11-5-7-20-8-6-11/h2-3,5-10,16H,1,4H2,(H,21,23)(H,22,24)/t16-/m1/s1. The highest BCUT2D eigenvalue weighted by atomic mass is 19.1. The lowest BCUT2D eigenvalue weighted by Gasteiger charge is -2.14. The van der Waals surface area contributed by atoms with E-state index in [4.69, 9.17) is 0 Å². The molecule has 2 heterocycles. The number of nitrogens with zero attached hydrogens (tertiary/aromatic N) is 2. The molecule has 0 fully saturated rings. The van der Waals surface area contributed by atoms with E-state index in [-0.39, 0.29) is 17.8 Å². The van der Waals surface area contributed by atoms with Gasteiger partial charge in [0.15, 0.2) is 0 Å². The second-order valence-electron chi connectivity index (χ2n) is 5.80. The molecule has 1 aliphatic carbocycles. The second kappa shape index (κ2) is 5.88. The average Bonchev–Trinajstić information content (AvgIpc) is 3.23. The van der Waals surface area contributed by atoms with Crippen molar-refractivity contribution in [2.24, 2.45) is 0 Å². The maximum absolute atomic E-state index is 13.3. The first-order chi connectivity index (χ1) is 11.7. The largest absolute Gasteiger partial charge is 0.345 e. The molecule has 2 N–H and O–H groups in total. The molecule has 4 rings (SSSR count). The molecule has 24 heavy (non-hydrogen) atoms. The van der Waals surface area contributed by atoms with Crippen molar-refractivity contribution in [2.75, 3.05) is 0 Å². The van der Waals surface area contributed by atoms with Gasteiger partial charge in [0, 0.05) is 18.0 Å². The van der Waals surface area contributed by atoms with E-state index in [1.54, 1.807) is 24.5 Å². The molecule has 1 aliphatic rings. The van der Waals surface area contributed by atoms with E-state index >= 15 is 0 Å². The molecule has 120 valence electrons. The van der Waals surface area contributed by atoms with Gasteiger partial charge >= 0.3 is 0 Å². The molecule has 3 aromatic rings. The predicted molar refractivity (Wildman–Crippen MR) is 86.7 cm³/mol. The number of benzene rings is 1. The molecule has 0 radical (unpaired) electrons. The first-order valence-corrected chi connectivity index (χ1v) is 7.75.